The number of likely N-dealkylation sites (N-methyl/N-ethyl adjacent to an activating group) is 1. The Morgan fingerprint density at radius 3 is 2.49 bits per heavy atom. The van der Waals surface area contributed by atoms with E-state index < -0.39 is 0 Å². The van der Waals surface area contributed by atoms with Crippen molar-refractivity contribution in [2.45, 2.75) is 70.6 Å². The molecular formula is C35H39N2+. The quantitative estimate of drug-likeness (QED) is 0.266. The molecule has 2 nitrogen and oxygen atoms in total. The molecular weight excluding hydrogens is 448 g/mol. The highest BCUT2D eigenvalue weighted by atomic mass is 15.2. The first-order valence-corrected chi connectivity index (χ1v) is 14.0. The van der Waals surface area contributed by atoms with Crippen molar-refractivity contribution < 1.29 is 4.58 Å². The van der Waals surface area contributed by atoms with E-state index in [9.17, 15) is 0 Å². The summed E-state index contributed by atoms with van der Waals surface area (Å²) in [4.78, 5) is 2.44. The molecule has 37 heavy (non-hydrogen) atoms. The van der Waals surface area contributed by atoms with Crippen LogP contribution in [0.1, 0.15) is 70.9 Å². The Labute approximate surface area is 222 Å². The first-order chi connectivity index (χ1) is 17.9. The molecule has 3 aromatic carbocycles. The van der Waals surface area contributed by atoms with Crippen LogP contribution in [-0.2, 0) is 10.8 Å². The summed E-state index contributed by atoms with van der Waals surface area (Å²) in [5.74, 6) is 7.45. The van der Waals surface area contributed by atoms with Gasteiger partial charge in [-0.1, -0.05) is 61.4 Å². The van der Waals surface area contributed by atoms with E-state index in [-0.39, 0.29) is 10.8 Å². The van der Waals surface area contributed by atoms with Gasteiger partial charge in [-0.25, -0.2) is 0 Å². The van der Waals surface area contributed by atoms with E-state index >= 15 is 0 Å². The molecule has 0 bridgehead atoms. The summed E-state index contributed by atoms with van der Waals surface area (Å²) in [6, 6.07) is 22.5. The number of rotatable bonds is 4. The van der Waals surface area contributed by atoms with Crippen LogP contribution in [0.15, 0.2) is 72.4 Å². The molecule has 1 unspecified atom stereocenters. The Bertz CT molecular complexity index is 1500. The van der Waals surface area contributed by atoms with Crippen LogP contribution in [0.5, 0.6) is 0 Å². The third-order valence-electron chi connectivity index (χ3n) is 9.35. The Kier molecular flexibility index (Phi) is 5.79. The minimum atomic E-state index is -0.190. The normalized spacial score (nSPS) is 23.5. The zero-order valence-corrected chi connectivity index (χ0v) is 23.1. The van der Waals surface area contributed by atoms with Crippen molar-refractivity contribution in [3.63, 3.8) is 0 Å². The van der Waals surface area contributed by atoms with Gasteiger partial charge in [0.05, 0.1) is 5.41 Å². The molecule has 0 spiro atoms. The van der Waals surface area contributed by atoms with Crippen LogP contribution in [-0.4, -0.2) is 23.9 Å². The van der Waals surface area contributed by atoms with Crippen LogP contribution in [0.25, 0.3) is 10.8 Å². The molecule has 0 amide bonds. The van der Waals surface area contributed by atoms with Gasteiger partial charge >= 0.3 is 0 Å². The second-order valence-electron chi connectivity index (χ2n) is 12.0. The molecule has 1 aliphatic carbocycles. The first kappa shape index (κ1) is 24.1. The number of allylic oxidation sites excluding steroid dienone is 2. The Balaban J connectivity index is 1.58. The molecule has 1 saturated carbocycles. The zero-order chi connectivity index (χ0) is 25.8. The Hall–Kier alpha value is -3.31. The van der Waals surface area contributed by atoms with Gasteiger partial charge in [0.25, 0.3) is 0 Å². The third kappa shape index (κ3) is 3.66. The molecule has 1 atom stereocenters. The van der Waals surface area contributed by atoms with E-state index in [4.69, 9.17) is 0 Å². The number of hydrogen-bond acceptors (Lipinski definition) is 1. The predicted octanol–water partition coefficient (Wildman–Crippen LogP) is 8.11. The lowest BCUT2D eigenvalue weighted by molar-refractivity contribution is -0.446. The standard InChI is InChI=1S/C35H39N2/c1-6-7-22-35(4)32(36(5)30-21-20-26-16-10-11-17-27(26)33(30)35)23-31-34(2,3)28-18-12-13-19-29(28)37(31)24-25-14-8-9-15-25/h10-13,16-21,23,25H,8-9,14-15,22,24H2,1-5H3/q+1. The number of nitrogens with zero attached hydrogens (tertiary/aromatic N) is 2. The minimum Gasteiger partial charge on any atom is -0.347 e. The van der Waals surface area contributed by atoms with Crippen molar-refractivity contribution in [3.8, 4) is 11.8 Å². The van der Waals surface area contributed by atoms with E-state index in [1.807, 2.05) is 6.92 Å². The highest BCUT2D eigenvalue weighted by Gasteiger charge is 2.49. The lowest BCUT2D eigenvalue weighted by atomic mass is 9.75. The van der Waals surface area contributed by atoms with Gasteiger partial charge in [0.2, 0.25) is 5.69 Å². The number of benzene rings is 3. The van der Waals surface area contributed by atoms with Crippen LogP contribution in [0.3, 0.4) is 0 Å². The van der Waals surface area contributed by atoms with Gasteiger partial charge in [0.15, 0.2) is 12.3 Å². The molecule has 2 heterocycles. The molecule has 0 radical (unpaired) electrons. The maximum Gasteiger partial charge on any atom is 0.209 e. The summed E-state index contributed by atoms with van der Waals surface area (Å²) in [7, 11) is 2.25. The molecule has 2 aliphatic heterocycles. The first-order valence-electron chi connectivity index (χ1n) is 14.0. The van der Waals surface area contributed by atoms with Gasteiger partial charge in [-0.3, -0.25) is 0 Å². The van der Waals surface area contributed by atoms with E-state index in [0.717, 1.165) is 18.9 Å². The van der Waals surface area contributed by atoms with Crippen LogP contribution in [0, 0.1) is 17.8 Å². The molecule has 0 N–H and O–H groups in total. The molecule has 3 aliphatic rings. The summed E-state index contributed by atoms with van der Waals surface area (Å²) in [5.41, 5.74) is 8.09. The highest BCUT2D eigenvalue weighted by molar-refractivity contribution is 6.05. The fourth-order valence-corrected chi connectivity index (χ4v) is 7.33. The second kappa shape index (κ2) is 8.91. The molecule has 2 heteroatoms. The molecule has 1 fully saturated rings. The van der Waals surface area contributed by atoms with Crippen LogP contribution in [0.4, 0.5) is 11.4 Å². The van der Waals surface area contributed by atoms with Gasteiger partial charge in [-0.15, -0.1) is 11.8 Å². The summed E-state index contributed by atoms with van der Waals surface area (Å²) in [6.07, 6.45) is 8.80. The van der Waals surface area contributed by atoms with Gasteiger partial charge in [0, 0.05) is 53.9 Å². The van der Waals surface area contributed by atoms with Crippen molar-refractivity contribution in [2.75, 3.05) is 18.5 Å². The van der Waals surface area contributed by atoms with Crippen LogP contribution >= 0.6 is 0 Å². The minimum absolute atomic E-state index is 0.0583. The SMILES string of the molecule is CC#CCC1(C)C(=CC2=[N+](CC3CCCC3)c3ccccc3C2(C)C)N(C)c2ccc3ccccc3c21. The summed E-state index contributed by atoms with van der Waals surface area (Å²) >= 11 is 0. The molecule has 0 aromatic heterocycles. The summed E-state index contributed by atoms with van der Waals surface area (Å²) in [5, 5.41) is 2.65. The smallest absolute Gasteiger partial charge is 0.209 e. The second-order valence-corrected chi connectivity index (χ2v) is 12.0. The van der Waals surface area contributed by atoms with Gasteiger partial charge < -0.3 is 4.90 Å². The van der Waals surface area contributed by atoms with E-state index in [1.165, 1.54) is 70.4 Å². The fraction of sp³-hybridized carbons (Fsp3) is 0.400. The van der Waals surface area contributed by atoms with Crippen LogP contribution < -0.4 is 4.90 Å². The Morgan fingerprint density at radius 2 is 1.70 bits per heavy atom. The van der Waals surface area contributed by atoms with Crippen molar-refractivity contribution in [1.29, 1.82) is 0 Å². The highest BCUT2D eigenvalue weighted by Crippen LogP contribution is 2.53. The van der Waals surface area contributed by atoms with E-state index in [2.05, 4.69) is 116 Å². The topological polar surface area (TPSA) is 6.25 Å². The van der Waals surface area contributed by atoms with Crippen molar-refractivity contribution >= 4 is 27.9 Å². The molecule has 0 saturated heterocycles. The largest absolute Gasteiger partial charge is 0.347 e. The number of fused-ring (bicyclic) bond motifs is 4. The van der Waals surface area contributed by atoms with Crippen LogP contribution in [0.2, 0.25) is 0 Å². The number of anilines is 1. The summed E-state index contributed by atoms with van der Waals surface area (Å²) in [6.45, 7) is 10.3. The number of para-hydroxylation sites is 1. The maximum atomic E-state index is 3.48. The Morgan fingerprint density at radius 1 is 0.973 bits per heavy atom. The molecule has 6 rings (SSSR count). The predicted molar refractivity (Wildman–Crippen MR) is 157 cm³/mol. The average molecular weight is 488 g/mol. The summed E-state index contributed by atoms with van der Waals surface area (Å²) < 4.78 is 2.67. The van der Waals surface area contributed by atoms with Gasteiger partial charge in [-0.05, 0) is 62.9 Å². The lowest BCUT2D eigenvalue weighted by Gasteiger charge is -2.28. The fourth-order valence-electron chi connectivity index (χ4n) is 7.33. The monoisotopic (exact) mass is 487 g/mol. The van der Waals surface area contributed by atoms with Gasteiger partial charge in [-0.2, -0.15) is 4.58 Å². The number of hydrogen-bond donors (Lipinski definition) is 0. The van der Waals surface area contributed by atoms with E-state index in [1.54, 1.807) is 0 Å². The average Bonchev–Trinajstić information content (AvgIpc) is 3.55. The van der Waals surface area contributed by atoms with Crippen molar-refractivity contribution in [1.82, 2.24) is 0 Å². The maximum absolute atomic E-state index is 3.48. The zero-order valence-electron chi connectivity index (χ0n) is 23.1. The van der Waals surface area contributed by atoms with Crippen molar-refractivity contribution in [3.05, 3.63) is 83.6 Å². The lowest BCUT2D eigenvalue weighted by Crippen LogP contribution is -2.33. The molecule has 3 aromatic rings. The van der Waals surface area contributed by atoms with E-state index in [0.29, 0.717) is 0 Å². The van der Waals surface area contributed by atoms with Gasteiger partial charge in [0.1, 0.15) is 0 Å². The third-order valence-corrected chi connectivity index (χ3v) is 9.35. The van der Waals surface area contributed by atoms with Crippen molar-refractivity contribution in [2.24, 2.45) is 5.92 Å². The molecule has 188 valence electrons.